The third-order valence-corrected chi connectivity index (χ3v) is 9.85. The first-order valence-corrected chi connectivity index (χ1v) is 14.6. The Bertz CT molecular complexity index is 1970. The number of amidine groups is 2. The predicted octanol–water partition coefficient (Wildman–Crippen LogP) is 7.90. The Morgan fingerprint density at radius 3 is 1.47 bits per heavy atom. The number of rotatable bonds is 4. The Morgan fingerprint density at radius 2 is 1.07 bits per heavy atom. The molecule has 1 spiro atoms. The molecule has 12 heteroatoms. The van der Waals surface area contributed by atoms with Gasteiger partial charge in [0.1, 0.15) is 11.1 Å². The summed E-state index contributed by atoms with van der Waals surface area (Å²) >= 11 is 0. The molecule has 1 aliphatic heterocycles. The van der Waals surface area contributed by atoms with Gasteiger partial charge in [0.2, 0.25) is 0 Å². The number of hydrogen-bond donors (Lipinski definition) is 4. The number of fused-ring (bicyclic) bond motifs is 6. The predicted molar refractivity (Wildman–Crippen MR) is 163 cm³/mol. The molecule has 3 aromatic carbocycles. The first kappa shape index (κ1) is 29.9. The second kappa shape index (κ2) is 9.92. The molecule has 1 heterocycles. The monoisotopic (exact) mass is 608 g/mol. The highest BCUT2D eigenvalue weighted by Crippen LogP contribution is 2.65. The summed E-state index contributed by atoms with van der Waals surface area (Å²) in [7, 11) is 3.31. The van der Waals surface area contributed by atoms with Crippen molar-refractivity contribution in [2.45, 2.75) is 70.6 Å². The summed E-state index contributed by atoms with van der Waals surface area (Å²) in [6.45, 7) is 12.6. The van der Waals surface area contributed by atoms with Gasteiger partial charge in [-0.2, -0.15) is 0 Å². The fourth-order valence-electron chi connectivity index (χ4n) is 7.97. The Balaban J connectivity index is 1.63. The molecule has 0 bridgehead atoms. The molecular formula is C33H36N8O4+2. The SMILES string of the molecule is COc1cc2c(cc1OC)C1(CC2(C)C)CC(C)(C)c2cc3c(cc21)Oc1c(c(C(N=N)=[N+]=N)c(C)c(C)c1C(N=N)=[N+]=N)O3. The van der Waals surface area contributed by atoms with Crippen LogP contribution in [0.3, 0.4) is 0 Å². The van der Waals surface area contributed by atoms with Gasteiger partial charge in [0.05, 0.1) is 24.4 Å². The third kappa shape index (κ3) is 3.99. The van der Waals surface area contributed by atoms with E-state index in [1.165, 1.54) is 11.1 Å². The number of nitrogens with one attached hydrogen (secondary N) is 4. The Morgan fingerprint density at radius 1 is 0.689 bits per heavy atom. The molecule has 0 saturated carbocycles. The zero-order valence-corrected chi connectivity index (χ0v) is 26.6. The number of methoxy groups -OCH3 is 2. The highest BCUT2D eigenvalue weighted by molar-refractivity contribution is 6.06. The van der Waals surface area contributed by atoms with Gasteiger partial charge >= 0.3 is 11.7 Å². The van der Waals surface area contributed by atoms with Crippen LogP contribution in [0.15, 0.2) is 34.5 Å². The Kier molecular flexibility index (Phi) is 6.58. The quantitative estimate of drug-likeness (QED) is 0.0794. The standard InChI is InChI=1S/C33H36N8O4/c1-15-16(2)26(30(40-36)41-37)28-27(25(15)29(38-34)39-35)44-23-10-18-20(12-24(23)45-28)33(14-32(18,5)6)13-31(3,4)17-9-21(42-7)22(43-8)11-19(17)33/h9-12,34-37H,13-14H2,1-8H3/q+2. The molecule has 3 aliphatic rings. The van der Waals surface area contributed by atoms with Gasteiger partial charge < -0.3 is 18.9 Å². The zero-order chi connectivity index (χ0) is 32.6. The number of nitrogens with zero attached hydrogens (tertiary/aromatic N) is 4. The molecule has 230 valence electrons. The van der Waals surface area contributed by atoms with E-state index in [-0.39, 0.29) is 39.4 Å². The fraction of sp³-hybridized carbons (Fsp3) is 0.394. The smallest absolute Gasteiger partial charge is 0.480 e. The molecule has 0 amide bonds. The molecule has 6 rings (SSSR count). The third-order valence-electron chi connectivity index (χ3n) is 9.85. The topological polar surface area (TPSA) is 185 Å². The average Bonchev–Trinajstić information content (AvgIpc) is 3.37. The van der Waals surface area contributed by atoms with E-state index in [2.05, 4.69) is 59.6 Å². The van der Waals surface area contributed by atoms with Gasteiger partial charge in [-0.1, -0.05) is 48.3 Å². The minimum absolute atomic E-state index is 0.149. The van der Waals surface area contributed by atoms with Gasteiger partial charge in [-0.25, -0.2) is 0 Å². The van der Waals surface area contributed by atoms with Gasteiger partial charge in [0.15, 0.2) is 34.5 Å². The highest BCUT2D eigenvalue weighted by atomic mass is 16.6. The zero-order valence-electron chi connectivity index (χ0n) is 26.6. The molecule has 3 aromatic rings. The summed E-state index contributed by atoms with van der Waals surface area (Å²) in [6, 6.07) is 8.30. The molecule has 12 nitrogen and oxygen atoms in total. The molecule has 45 heavy (non-hydrogen) atoms. The second-order valence-electron chi connectivity index (χ2n) is 13.3. The first-order valence-electron chi connectivity index (χ1n) is 14.6. The Labute approximate surface area is 260 Å². The summed E-state index contributed by atoms with van der Waals surface area (Å²) in [6.07, 6.45) is 1.72. The van der Waals surface area contributed by atoms with E-state index in [4.69, 9.17) is 41.1 Å². The maximum absolute atomic E-state index is 7.72. The Hall–Kier alpha value is -5.18. The van der Waals surface area contributed by atoms with Crippen LogP contribution < -0.4 is 18.9 Å². The van der Waals surface area contributed by atoms with Crippen molar-refractivity contribution >= 4 is 11.7 Å². The lowest BCUT2D eigenvalue weighted by Crippen LogP contribution is -2.27. The van der Waals surface area contributed by atoms with Gasteiger partial charge in [-0.15, -0.1) is 0 Å². The van der Waals surface area contributed by atoms with Crippen molar-refractivity contribution < 1.29 is 28.5 Å². The van der Waals surface area contributed by atoms with E-state index in [0.717, 1.165) is 24.0 Å². The molecule has 4 N–H and O–H groups in total. The van der Waals surface area contributed by atoms with Gasteiger partial charge in [-0.3, -0.25) is 0 Å². The van der Waals surface area contributed by atoms with E-state index in [1.54, 1.807) is 28.1 Å². The minimum Gasteiger partial charge on any atom is -0.493 e. The van der Waals surface area contributed by atoms with E-state index in [1.807, 2.05) is 12.1 Å². The van der Waals surface area contributed by atoms with Crippen LogP contribution in [0.1, 0.15) is 85.0 Å². The van der Waals surface area contributed by atoms with E-state index >= 15 is 0 Å². The normalized spacial score (nSPS) is 19.0. The lowest BCUT2D eigenvalue weighted by atomic mass is 9.72. The van der Waals surface area contributed by atoms with Gasteiger partial charge in [0, 0.05) is 5.41 Å². The fourth-order valence-corrected chi connectivity index (χ4v) is 7.97. The summed E-state index contributed by atoms with van der Waals surface area (Å²) in [5, 5.41) is 6.97. The summed E-state index contributed by atoms with van der Waals surface area (Å²) in [5.41, 5.74) is 36.6. The van der Waals surface area contributed by atoms with Crippen LogP contribution in [0.25, 0.3) is 0 Å². The van der Waals surface area contributed by atoms with Crippen LogP contribution in [0, 0.1) is 36.0 Å². The molecule has 2 aliphatic carbocycles. The van der Waals surface area contributed by atoms with Gasteiger partial charge in [0.25, 0.3) is 0 Å². The van der Waals surface area contributed by atoms with E-state index in [9.17, 15) is 0 Å². The highest BCUT2D eigenvalue weighted by Gasteiger charge is 2.57. The van der Waals surface area contributed by atoms with Crippen molar-refractivity contribution in [3.63, 3.8) is 0 Å². The summed E-state index contributed by atoms with van der Waals surface area (Å²) < 4.78 is 24.7. The van der Waals surface area contributed by atoms with Crippen LogP contribution in [-0.4, -0.2) is 35.5 Å². The molecule has 0 radical (unpaired) electrons. The minimum atomic E-state index is -0.341. The summed E-state index contributed by atoms with van der Waals surface area (Å²) in [5.74, 6) is 2.35. The molecule has 0 saturated heterocycles. The molecular weight excluding hydrogens is 572 g/mol. The van der Waals surface area contributed by atoms with Crippen molar-refractivity contribution in [3.8, 4) is 34.5 Å². The maximum atomic E-state index is 7.72. The van der Waals surface area contributed by atoms with Crippen molar-refractivity contribution in [2.75, 3.05) is 14.2 Å². The van der Waals surface area contributed by atoms with E-state index in [0.29, 0.717) is 45.3 Å². The number of benzene rings is 3. The number of ether oxygens (including phenoxy) is 4. The van der Waals surface area contributed by atoms with Crippen LogP contribution in [-0.2, 0) is 16.2 Å². The van der Waals surface area contributed by atoms with Crippen molar-refractivity contribution in [2.24, 2.45) is 10.2 Å². The lowest BCUT2D eigenvalue weighted by molar-refractivity contribution is -0.121. The maximum Gasteiger partial charge on any atom is 0.480 e. The van der Waals surface area contributed by atoms with Gasteiger partial charge in [-0.05, 0) is 106 Å². The first-order chi connectivity index (χ1) is 21.3. The van der Waals surface area contributed by atoms with Crippen LogP contribution in [0.4, 0.5) is 0 Å². The summed E-state index contributed by atoms with van der Waals surface area (Å²) in [4.78, 5) is 6.97. The van der Waals surface area contributed by atoms with E-state index < -0.39 is 0 Å². The molecule has 1 unspecified atom stereocenters. The van der Waals surface area contributed by atoms with Crippen molar-refractivity contribution in [1.82, 2.24) is 0 Å². The van der Waals surface area contributed by atoms with Crippen LogP contribution in [0.5, 0.6) is 34.5 Å². The molecule has 0 fully saturated rings. The lowest BCUT2D eigenvalue weighted by Gasteiger charge is -2.31. The van der Waals surface area contributed by atoms with Crippen LogP contribution in [0.2, 0.25) is 0 Å². The largest absolute Gasteiger partial charge is 0.493 e. The molecule has 1 atom stereocenters. The van der Waals surface area contributed by atoms with Crippen molar-refractivity contribution in [3.05, 3.63) is 68.8 Å². The van der Waals surface area contributed by atoms with Crippen molar-refractivity contribution in [1.29, 1.82) is 22.1 Å². The molecule has 0 aromatic heterocycles. The second-order valence-corrected chi connectivity index (χ2v) is 13.3. The average molecular weight is 609 g/mol. The number of hydrogen-bond acceptors (Lipinski definition) is 8. The van der Waals surface area contributed by atoms with Crippen LogP contribution >= 0.6 is 0 Å².